The highest BCUT2D eigenvalue weighted by molar-refractivity contribution is 5.27. The van der Waals surface area contributed by atoms with Crippen LogP contribution >= 0.6 is 0 Å². The molecule has 0 spiro atoms. The van der Waals surface area contributed by atoms with Crippen LogP contribution in [0, 0.1) is 5.92 Å². The minimum Gasteiger partial charge on any atom is -0.508 e. The number of nitrogens with one attached hydrogen (secondary N) is 1. The SMILES string of the molecule is CC1(C)CC(Cc2cccc(O)c2)CN1. The molecule has 0 saturated carbocycles. The number of phenols is 1. The topological polar surface area (TPSA) is 32.3 Å². The van der Waals surface area contributed by atoms with Gasteiger partial charge in [-0.3, -0.25) is 0 Å². The van der Waals surface area contributed by atoms with Crippen molar-refractivity contribution >= 4 is 0 Å². The largest absolute Gasteiger partial charge is 0.508 e. The van der Waals surface area contributed by atoms with E-state index in [1.807, 2.05) is 12.1 Å². The molecule has 1 unspecified atom stereocenters. The number of phenolic OH excluding ortho intramolecular Hbond substituents is 1. The summed E-state index contributed by atoms with van der Waals surface area (Å²) in [6.07, 6.45) is 2.27. The highest BCUT2D eigenvalue weighted by atomic mass is 16.3. The van der Waals surface area contributed by atoms with Crippen LogP contribution in [0.2, 0.25) is 0 Å². The van der Waals surface area contributed by atoms with Crippen LogP contribution in [0.5, 0.6) is 5.75 Å². The summed E-state index contributed by atoms with van der Waals surface area (Å²) >= 11 is 0. The normalized spacial score (nSPS) is 24.3. The lowest BCUT2D eigenvalue weighted by molar-refractivity contribution is 0.440. The Morgan fingerprint density at radius 3 is 2.87 bits per heavy atom. The Balaban J connectivity index is 1.99. The highest BCUT2D eigenvalue weighted by Gasteiger charge is 2.29. The summed E-state index contributed by atoms with van der Waals surface area (Å²) in [5.41, 5.74) is 1.51. The second kappa shape index (κ2) is 3.86. The molecule has 2 N–H and O–H groups in total. The van der Waals surface area contributed by atoms with Gasteiger partial charge >= 0.3 is 0 Å². The van der Waals surface area contributed by atoms with Crippen molar-refractivity contribution in [2.45, 2.75) is 32.2 Å². The molecule has 0 aromatic heterocycles. The van der Waals surface area contributed by atoms with Crippen LogP contribution in [0.1, 0.15) is 25.8 Å². The summed E-state index contributed by atoms with van der Waals surface area (Å²) in [6, 6.07) is 7.59. The molecule has 0 amide bonds. The van der Waals surface area contributed by atoms with E-state index in [4.69, 9.17) is 0 Å². The van der Waals surface area contributed by atoms with Crippen molar-refractivity contribution < 1.29 is 5.11 Å². The Morgan fingerprint density at radius 2 is 2.27 bits per heavy atom. The molecule has 15 heavy (non-hydrogen) atoms. The Morgan fingerprint density at radius 1 is 1.47 bits per heavy atom. The fraction of sp³-hybridized carbons (Fsp3) is 0.538. The van der Waals surface area contributed by atoms with E-state index in [1.54, 1.807) is 6.07 Å². The number of rotatable bonds is 2. The van der Waals surface area contributed by atoms with E-state index in [0.717, 1.165) is 13.0 Å². The fourth-order valence-electron chi connectivity index (χ4n) is 2.45. The monoisotopic (exact) mass is 205 g/mol. The molecule has 1 aliphatic heterocycles. The second-order valence-electron chi connectivity index (χ2n) is 5.21. The first-order chi connectivity index (χ1) is 7.05. The lowest BCUT2D eigenvalue weighted by atomic mass is 9.92. The average Bonchev–Trinajstić information content (AvgIpc) is 2.45. The van der Waals surface area contributed by atoms with Gasteiger partial charge in [-0.05, 0) is 56.8 Å². The molecule has 2 heteroatoms. The molecule has 0 radical (unpaired) electrons. The zero-order chi connectivity index (χ0) is 10.9. The van der Waals surface area contributed by atoms with E-state index in [9.17, 15) is 5.11 Å². The number of hydrogen-bond acceptors (Lipinski definition) is 2. The standard InChI is InChI=1S/C13H19NO/c1-13(2)8-11(9-14-13)6-10-4-3-5-12(15)7-10/h3-5,7,11,14-15H,6,8-9H2,1-2H3. The number of benzene rings is 1. The quantitative estimate of drug-likeness (QED) is 0.776. The van der Waals surface area contributed by atoms with Crippen molar-refractivity contribution in [1.82, 2.24) is 5.32 Å². The van der Waals surface area contributed by atoms with E-state index >= 15 is 0 Å². The smallest absolute Gasteiger partial charge is 0.115 e. The van der Waals surface area contributed by atoms with Crippen LogP contribution in [0.3, 0.4) is 0 Å². The van der Waals surface area contributed by atoms with Gasteiger partial charge in [0.25, 0.3) is 0 Å². The van der Waals surface area contributed by atoms with Crippen LogP contribution in [0.25, 0.3) is 0 Å². The van der Waals surface area contributed by atoms with Gasteiger partial charge in [0, 0.05) is 5.54 Å². The molecule has 2 rings (SSSR count). The van der Waals surface area contributed by atoms with Gasteiger partial charge in [-0.2, -0.15) is 0 Å². The summed E-state index contributed by atoms with van der Waals surface area (Å²) in [5, 5.41) is 12.9. The summed E-state index contributed by atoms with van der Waals surface area (Å²) in [4.78, 5) is 0. The zero-order valence-electron chi connectivity index (χ0n) is 9.46. The third kappa shape index (κ3) is 2.72. The molecule has 0 aliphatic carbocycles. The maximum absolute atomic E-state index is 9.37. The molecule has 1 aromatic rings. The Labute approximate surface area is 91.3 Å². The first-order valence-electron chi connectivity index (χ1n) is 5.58. The van der Waals surface area contributed by atoms with Gasteiger partial charge in [-0.15, -0.1) is 0 Å². The summed E-state index contributed by atoms with van der Waals surface area (Å²) in [6.45, 7) is 5.58. The third-order valence-corrected chi connectivity index (χ3v) is 3.10. The van der Waals surface area contributed by atoms with Crippen LogP contribution < -0.4 is 5.32 Å². The molecule has 1 aliphatic rings. The average molecular weight is 205 g/mol. The fourth-order valence-corrected chi connectivity index (χ4v) is 2.45. The molecular formula is C13H19NO. The minimum atomic E-state index is 0.279. The van der Waals surface area contributed by atoms with Crippen LogP contribution in [0.15, 0.2) is 24.3 Å². The van der Waals surface area contributed by atoms with Crippen molar-refractivity contribution in [1.29, 1.82) is 0 Å². The van der Waals surface area contributed by atoms with Crippen molar-refractivity contribution in [3.8, 4) is 5.75 Å². The van der Waals surface area contributed by atoms with Crippen LogP contribution in [0.4, 0.5) is 0 Å². The number of hydrogen-bond donors (Lipinski definition) is 2. The maximum Gasteiger partial charge on any atom is 0.115 e. The second-order valence-corrected chi connectivity index (χ2v) is 5.21. The van der Waals surface area contributed by atoms with Gasteiger partial charge in [0.05, 0.1) is 0 Å². The third-order valence-electron chi connectivity index (χ3n) is 3.10. The maximum atomic E-state index is 9.37. The summed E-state index contributed by atoms with van der Waals surface area (Å²) < 4.78 is 0. The predicted octanol–water partition coefficient (Wildman–Crippen LogP) is 2.32. The van der Waals surface area contributed by atoms with Crippen molar-refractivity contribution in [2.75, 3.05) is 6.54 Å². The first-order valence-corrected chi connectivity index (χ1v) is 5.58. The molecule has 1 aromatic carbocycles. The molecule has 1 heterocycles. The van der Waals surface area contributed by atoms with Crippen molar-refractivity contribution in [3.63, 3.8) is 0 Å². The number of aromatic hydroxyl groups is 1. The molecule has 82 valence electrons. The van der Waals surface area contributed by atoms with Crippen molar-refractivity contribution in [2.24, 2.45) is 5.92 Å². The van der Waals surface area contributed by atoms with Gasteiger partial charge in [0.15, 0.2) is 0 Å². The Kier molecular flexibility index (Phi) is 2.70. The lowest BCUT2D eigenvalue weighted by Crippen LogP contribution is -2.31. The summed E-state index contributed by atoms with van der Waals surface area (Å²) in [5.74, 6) is 1.07. The molecule has 1 atom stereocenters. The van der Waals surface area contributed by atoms with Crippen LogP contribution in [-0.4, -0.2) is 17.2 Å². The van der Waals surface area contributed by atoms with E-state index < -0.39 is 0 Å². The lowest BCUT2D eigenvalue weighted by Gasteiger charge is -2.17. The van der Waals surface area contributed by atoms with Gasteiger partial charge < -0.3 is 10.4 Å². The van der Waals surface area contributed by atoms with Gasteiger partial charge in [-0.25, -0.2) is 0 Å². The Bertz CT molecular complexity index is 346. The predicted molar refractivity (Wildman–Crippen MR) is 62.0 cm³/mol. The molecule has 0 bridgehead atoms. The Hall–Kier alpha value is -1.02. The molecule has 1 saturated heterocycles. The van der Waals surface area contributed by atoms with E-state index in [-0.39, 0.29) is 5.54 Å². The van der Waals surface area contributed by atoms with Gasteiger partial charge in [0.1, 0.15) is 5.75 Å². The van der Waals surface area contributed by atoms with Gasteiger partial charge in [0.2, 0.25) is 0 Å². The molecule has 2 nitrogen and oxygen atoms in total. The minimum absolute atomic E-state index is 0.279. The van der Waals surface area contributed by atoms with E-state index in [1.165, 1.54) is 12.0 Å². The first kappa shape index (κ1) is 10.5. The van der Waals surface area contributed by atoms with E-state index in [2.05, 4.69) is 25.2 Å². The highest BCUT2D eigenvalue weighted by Crippen LogP contribution is 2.26. The molecular weight excluding hydrogens is 186 g/mol. The van der Waals surface area contributed by atoms with E-state index in [0.29, 0.717) is 11.7 Å². The van der Waals surface area contributed by atoms with Crippen LogP contribution in [-0.2, 0) is 6.42 Å². The van der Waals surface area contributed by atoms with Gasteiger partial charge in [-0.1, -0.05) is 12.1 Å². The van der Waals surface area contributed by atoms with Crippen molar-refractivity contribution in [3.05, 3.63) is 29.8 Å². The molecule has 1 fully saturated rings. The summed E-state index contributed by atoms with van der Waals surface area (Å²) in [7, 11) is 0. The zero-order valence-corrected chi connectivity index (χ0v) is 9.46.